The Morgan fingerprint density at radius 2 is 2.17 bits per heavy atom. The fourth-order valence-electron chi connectivity index (χ4n) is 2.71. The highest BCUT2D eigenvalue weighted by molar-refractivity contribution is 9.10. The normalized spacial score (nSPS) is 23.9. The van der Waals surface area contributed by atoms with Crippen LogP contribution in [0.25, 0.3) is 0 Å². The third-order valence-electron chi connectivity index (χ3n) is 3.70. The number of halogens is 1. The van der Waals surface area contributed by atoms with Crippen molar-refractivity contribution >= 4 is 33.2 Å². The molecule has 0 aliphatic heterocycles. The van der Waals surface area contributed by atoms with E-state index >= 15 is 0 Å². The van der Waals surface area contributed by atoms with Crippen LogP contribution < -0.4 is 5.32 Å². The van der Waals surface area contributed by atoms with Gasteiger partial charge < -0.3 is 5.32 Å². The molecule has 0 bridgehead atoms. The van der Waals surface area contributed by atoms with Gasteiger partial charge in [0.15, 0.2) is 0 Å². The number of nitrogens with one attached hydrogen (secondary N) is 1. The Morgan fingerprint density at radius 3 is 2.72 bits per heavy atom. The molecule has 0 unspecified atom stereocenters. The van der Waals surface area contributed by atoms with E-state index in [0.29, 0.717) is 6.04 Å². The Bertz CT molecular complexity index is 396. The van der Waals surface area contributed by atoms with E-state index in [1.807, 2.05) is 11.4 Å². The molecular weight excluding hydrogens is 310 g/mol. The maximum absolute atomic E-state index is 12.1. The van der Waals surface area contributed by atoms with E-state index in [2.05, 4.69) is 28.2 Å². The molecule has 0 atom stereocenters. The Labute approximate surface area is 121 Å². The van der Waals surface area contributed by atoms with E-state index in [4.69, 9.17) is 0 Å². The Hall–Kier alpha value is -0.350. The minimum atomic E-state index is 0.0795. The van der Waals surface area contributed by atoms with Crippen LogP contribution in [0.1, 0.15) is 55.1 Å². The van der Waals surface area contributed by atoms with Gasteiger partial charge in [-0.2, -0.15) is 0 Å². The SMILES string of the molecule is CCCC1CCC(NC(=O)c2sccc2Br)CC1. The van der Waals surface area contributed by atoms with Crippen LogP contribution in [-0.4, -0.2) is 11.9 Å². The molecule has 1 fully saturated rings. The molecule has 100 valence electrons. The average molecular weight is 330 g/mol. The third-order valence-corrected chi connectivity index (χ3v) is 5.54. The number of thiophene rings is 1. The molecule has 0 aromatic carbocycles. The van der Waals surface area contributed by atoms with Crippen molar-refractivity contribution in [3.8, 4) is 0 Å². The molecule has 0 spiro atoms. The molecule has 0 saturated heterocycles. The molecule has 1 saturated carbocycles. The summed E-state index contributed by atoms with van der Waals surface area (Å²) in [4.78, 5) is 12.9. The molecule has 2 rings (SSSR count). The minimum Gasteiger partial charge on any atom is -0.349 e. The lowest BCUT2D eigenvalue weighted by atomic mass is 9.83. The highest BCUT2D eigenvalue weighted by Gasteiger charge is 2.23. The molecular formula is C14H20BrNOS. The van der Waals surface area contributed by atoms with Gasteiger partial charge in [0.1, 0.15) is 4.88 Å². The standard InChI is InChI=1S/C14H20BrNOS/c1-2-3-10-4-6-11(7-5-10)16-14(17)13-12(15)8-9-18-13/h8-11H,2-7H2,1H3,(H,16,17). The molecule has 1 aliphatic carbocycles. The second-order valence-electron chi connectivity index (χ2n) is 5.08. The monoisotopic (exact) mass is 329 g/mol. The molecule has 1 N–H and O–H groups in total. The first-order valence-corrected chi connectivity index (χ1v) is 8.41. The molecule has 1 aliphatic rings. The number of carbonyl (C=O) groups excluding carboxylic acids is 1. The predicted octanol–water partition coefficient (Wildman–Crippen LogP) is 4.60. The van der Waals surface area contributed by atoms with E-state index in [-0.39, 0.29) is 5.91 Å². The van der Waals surface area contributed by atoms with Crippen molar-refractivity contribution in [2.75, 3.05) is 0 Å². The van der Waals surface area contributed by atoms with Crippen LogP contribution in [0.15, 0.2) is 15.9 Å². The second-order valence-corrected chi connectivity index (χ2v) is 6.85. The number of hydrogen-bond acceptors (Lipinski definition) is 2. The van der Waals surface area contributed by atoms with Gasteiger partial charge in [0.25, 0.3) is 5.91 Å². The van der Waals surface area contributed by atoms with Gasteiger partial charge in [-0.1, -0.05) is 19.8 Å². The zero-order valence-electron chi connectivity index (χ0n) is 10.7. The number of amides is 1. The van der Waals surface area contributed by atoms with Crippen LogP contribution >= 0.6 is 27.3 Å². The third kappa shape index (κ3) is 3.58. The molecule has 1 amide bonds. The summed E-state index contributed by atoms with van der Waals surface area (Å²) in [7, 11) is 0. The number of carbonyl (C=O) groups is 1. The molecule has 18 heavy (non-hydrogen) atoms. The van der Waals surface area contributed by atoms with Gasteiger partial charge in [0.2, 0.25) is 0 Å². The van der Waals surface area contributed by atoms with Gasteiger partial charge in [-0.3, -0.25) is 4.79 Å². The summed E-state index contributed by atoms with van der Waals surface area (Å²) in [6, 6.07) is 2.30. The first-order chi connectivity index (χ1) is 8.70. The highest BCUT2D eigenvalue weighted by Crippen LogP contribution is 2.28. The van der Waals surface area contributed by atoms with Crippen molar-refractivity contribution in [1.82, 2.24) is 5.32 Å². The maximum atomic E-state index is 12.1. The molecule has 0 radical (unpaired) electrons. The van der Waals surface area contributed by atoms with Crippen LogP contribution in [0.5, 0.6) is 0 Å². The summed E-state index contributed by atoms with van der Waals surface area (Å²) >= 11 is 4.91. The van der Waals surface area contributed by atoms with E-state index < -0.39 is 0 Å². The van der Waals surface area contributed by atoms with E-state index in [1.54, 1.807) is 0 Å². The summed E-state index contributed by atoms with van der Waals surface area (Å²) in [5.74, 6) is 0.965. The first-order valence-electron chi connectivity index (χ1n) is 6.74. The van der Waals surface area contributed by atoms with Crippen molar-refractivity contribution in [3.63, 3.8) is 0 Å². The van der Waals surface area contributed by atoms with E-state index in [1.165, 1.54) is 37.0 Å². The lowest BCUT2D eigenvalue weighted by molar-refractivity contribution is 0.0924. The summed E-state index contributed by atoms with van der Waals surface area (Å²) < 4.78 is 0.907. The van der Waals surface area contributed by atoms with Crippen LogP contribution in [0.4, 0.5) is 0 Å². The average Bonchev–Trinajstić information content (AvgIpc) is 2.78. The lowest BCUT2D eigenvalue weighted by Gasteiger charge is -2.28. The van der Waals surface area contributed by atoms with Gasteiger partial charge in [0.05, 0.1) is 0 Å². The minimum absolute atomic E-state index is 0.0795. The molecule has 2 nitrogen and oxygen atoms in total. The predicted molar refractivity (Wildman–Crippen MR) is 80.1 cm³/mol. The molecule has 1 aromatic heterocycles. The maximum Gasteiger partial charge on any atom is 0.262 e. The van der Waals surface area contributed by atoms with Crippen LogP contribution in [0.3, 0.4) is 0 Å². The van der Waals surface area contributed by atoms with Crippen LogP contribution in [-0.2, 0) is 0 Å². The molecule has 1 heterocycles. The van der Waals surface area contributed by atoms with Crippen molar-refractivity contribution in [3.05, 3.63) is 20.8 Å². The Balaban J connectivity index is 1.81. The number of hydrogen-bond donors (Lipinski definition) is 1. The molecule has 1 aromatic rings. The second kappa shape index (κ2) is 6.71. The van der Waals surface area contributed by atoms with Crippen LogP contribution in [0, 0.1) is 5.92 Å². The van der Waals surface area contributed by atoms with Gasteiger partial charge in [0, 0.05) is 10.5 Å². The first kappa shape index (κ1) is 14.1. The van der Waals surface area contributed by atoms with E-state index in [9.17, 15) is 4.79 Å². The van der Waals surface area contributed by atoms with Crippen molar-refractivity contribution in [2.45, 2.75) is 51.5 Å². The highest BCUT2D eigenvalue weighted by atomic mass is 79.9. The smallest absolute Gasteiger partial charge is 0.262 e. The van der Waals surface area contributed by atoms with Crippen molar-refractivity contribution < 1.29 is 4.79 Å². The van der Waals surface area contributed by atoms with Gasteiger partial charge in [-0.25, -0.2) is 0 Å². The fraction of sp³-hybridized carbons (Fsp3) is 0.643. The van der Waals surface area contributed by atoms with Crippen LogP contribution in [0.2, 0.25) is 0 Å². The largest absolute Gasteiger partial charge is 0.349 e. The summed E-state index contributed by atoms with van der Waals surface area (Å²) in [5.41, 5.74) is 0. The summed E-state index contributed by atoms with van der Waals surface area (Å²) in [6.45, 7) is 2.25. The van der Waals surface area contributed by atoms with Gasteiger partial charge in [-0.15, -0.1) is 11.3 Å². The lowest BCUT2D eigenvalue weighted by Crippen LogP contribution is -2.37. The number of rotatable bonds is 4. The van der Waals surface area contributed by atoms with E-state index in [0.717, 1.165) is 28.1 Å². The van der Waals surface area contributed by atoms with Gasteiger partial charge >= 0.3 is 0 Å². The van der Waals surface area contributed by atoms with Crippen molar-refractivity contribution in [2.24, 2.45) is 5.92 Å². The Kier molecular flexibility index (Phi) is 5.25. The van der Waals surface area contributed by atoms with Crippen molar-refractivity contribution in [1.29, 1.82) is 0 Å². The Morgan fingerprint density at radius 1 is 1.44 bits per heavy atom. The fourth-order valence-corrected chi connectivity index (χ4v) is 4.16. The zero-order chi connectivity index (χ0) is 13.0. The zero-order valence-corrected chi connectivity index (χ0v) is 13.1. The van der Waals surface area contributed by atoms with Gasteiger partial charge in [-0.05, 0) is 59.0 Å². The summed E-state index contributed by atoms with van der Waals surface area (Å²) in [5, 5.41) is 5.11. The quantitative estimate of drug-likeness (QED) is 0.859. The molecule has 4 heteroatoms. The summed E-state index contributed by atoms with van der Waals surface area (Å²) in [6.07, 6.45) is 7.44. The topological polar surface area (TPSA) is 29.1 Å².